The zero-order chi connectivity index (χ0) is 23.9. The Morgan fingerprint density at radius 2 is 2.06 bits per heavy atom. The summed E-state index contributed by atoms with van der Waals surface area (Å²) in [6, 6.07) is 4.36. The van der Waals surface area contributed by atoms with Crippen molar-refractivity contribution in [1.29, 1.82) is 0 Å². The Balaban J connectivity index is 1.62. The normalized spacial score (nSPS) is 18.2. The van der Waals surface area contributed by atoms with Crippen LogP contribution in [0.5, 0.6) is 0 Å². The van der Waals surface area contributed by atoms with Crippen LogP contribution in [0.25, 0.3) is 0 Å². The maximum atomic E-state index is 13.9. The summed E-state index contributed by atoms with van der Waals surface area (Å²) < 4.78 is 41.8. The molecule has 2 aliphatic heterocycles. The molecule has 0 bridgehead atoms. The summed E-state index contributed by atoms with van der Waals surface area (Å²) >= 11 is 12.4. The minimum Gasteiger partial charge on any atom is -0.356 e. The Kier molecular flexibility index (Phi) is 6.46. The number of hydrogen-bond acceptors (Lipinski definition) is 4. The summed E-state index contributed by atoms with van der Waals surface area (Å²) in [6.45, 7) is 2.60. The molecule has 2 aromatic rings. The molecule has 0 saturated carbocycles. The van der Waals surface area contributed by atoms with Crippen LogP contribution in [0.15, 0.2) is 18.2 Å². The number of nitrogens with zero attached hydrogens (tertiary/aromatic N) is 2. The van der Waals surface area contributed by atoms with Crippen molar-refractivity contribution < 1.29 is 22.8 Å². The van der Waals surface area contributed by atoms with Crippen molar-refractivity contribution >= 4 is 46.5 Å². The fraction of sp³-hybridized carbons (Fsp3) is 0.409. The molecule has 176 valence electrons. The summed E-state index contributed by atoms with van der Waals surface area (Å²) in [7, 11) is 0. The fourth-order valence-electron chi connectivity index (χ4n) is 4.23. The van der Waals surface area contributed by atoms with Gasteiger partial charge in [0.05, 0.1) is 16.9 Å². The molecular weight excluding hydrogens is 480 g/mol. The number of alkyl halides is 3. The van der Waals surface area contributed by atoms with Crippen LogP contribution >= 0.6 is 23.2 Å². The number of hydrogen-bond donors (Lipinski definition) is 2. The van der Waals surface area contributed by atoms with E-state index in [0.717, 1.165) is 17.2 Å². The maximum Gasteiger partial charge on any atom is 0.418 e. The minimum atomic E-state index is -4.71. The summed E-state index contributed by atoms with van der Waals surface area (Å²) in [5.41, 5.74) is 0.417. The number of anilines is 2. The quantitative estimate of drug-likeness (QED) is 0.635. The van der Waals surface area contributed by atoms with Crippen LogP contribution in [0, 0.1) is 12.8 Å². The molecule has 11 heteroatoms. The Labute approximate surface area is 198 Å². The molecule has 1 saturated heterocycles. The number of halogens is 5. The van der Waals surface area contributed by atoms with E-state index in [9.17, 15) is 22.8 Å². The van der Waals surface area contributed by atoms with Crippen LogP contribution in [0.4, 0.5) is 24.7 Å². The number of nitrogens with one attached hydrogen (secondary N) is 2. The van der Waals surface area contributed by atoms with Gasteiger partial charge in [-0.3, -0.25) is 9.59 Å². The molecule has 4 rings (SSSR count). The Morgan fingerprint density at radius 1 is 1.30 bits per heavy atom. The second-order valence-corrected chi connectivity index (χ2v) is 9.06. The van der Waals surface area contributed by atoms with Gasteiger partial charge in [-0.2, -0.15) is 13.2 Å². The van der Waals surface area contributed by atoms with Gasteiger partial charge < -0.3 is 15.5 Å². The highest BCUT2D eigenvalue weighted by molar-refractivity contribution is 6.35. The van der Waals surface area contributed by atoms with Crippen molar-refractivity contribution in [3.05, 3.63) is 50.6 Å². The number of rotatable bonds is 4. The van der Waals surface area contributed by atoms with Crippen LogP contribution in [0.2, 0.25) is 10.0 Å². The molecule has 1 aromatic heterocycles. The molecule has 1 unspecified atom stereocenters. The fourth-order valence-corrected chi connectivity index (χ4v) is 4.83. The second kappa shape index (κ2) is 9.02. The molecule has 1 fully saturated rings. The SMILES string of the molecule is Cc1nc(N2CCc3cc(Cl)cc(Cl)c3C2)cc(C(F)(F)F)c1NC(=O)CC1CCNC1=O. The van der Waals surface area contributed by atoms with Crippen molar-refractivity contribution in [3.8, 4) is 0 Å². The third-order valence-electron chi connectivity index (χ3n) is 5.93. The lowest BCUT2D eigenvalue weighted by atomic mass is 9.99. The number of aromatic nitrogens is 1. The number of amides is 2. The Bertz CT molecular complexity index is 1120. The van der Waals surface area contributed by atoms with E-state index in [1.54, 1.807) is 11.0 Å². The smallest absolute Gasteiger partial charge is 0.356 e. The first-order valence-electron chi connectivity index (χ1n) is 10.4. The van der Waals surface area contributed by atoms with Crippen LogP contribution in [-0.2, 0) is 28.7 Å². The standard InChI is InChI=1S/C22H21Cl2F3N4O2/c1-11-20(30-19(32)7-13-2-4-28-21(13)33)16(22(25,26)27)9-18(29-11)31-5-3-12-6-14(23)8-17(24)15(12)10-31/h6,8-9,13H,2-5,7,10H2,1H3,(H,28,33)(H,30,32). The average molecular weight is 501 g/mol. The Morgan fingerprint density at radius 3 is 2.73 bits per heavy atom. The van der Waals surface area contributed by atoms with E-state index in [1.807, 2.05) is 6.07 Å². The predicted octanol–water partition coefficient (Wildman–Crippen LogP) is 4.74. The molecular formula is C22H21Cl2F3N4O2. The highest BCUT2D eigenvalue weighted by Gasteiger charge is 2.37. The van der Waals surface area contributed by atoms with Gasteiger partial charge in [0.1, 0.15) is 5.82 Å². The molecule has 6 nitrogen and oxygen atoms in total. The van der Waals surface area contributed by atoms with E-state index in [1.165, 1.54) is 6.92 Å². The highest BCUT2D eigenvalue weighted by Crippen LogP contribution is 2.39. The second-order valence-electron chi connectivity index (χ2n) is 8.21. The maximum absolute atomic E-state index is 13.9. The summed E-state index contributed by atoms with van der Waals surface area (Å²) in [5, 5.41) is 5.91. The Hall–Kier alpha value is -2.52. The third-order valence-corrected chi connectivity index (χ3v) is 6.48. The number of carbonyl (C=O) groups excluding carboxylic acids is 2. The van der Waals surface area contributed by atoms with Crippen LogP contribution in [0.3, 0.4) is 0 Å². The number of benzene rings is 1. The molecule has 0 spiro atoms. The zero-order valence-corrected chi connectivity index (χ0v) is 19.2. The van der Waals surface area contributed by atoms with Crippen molar-refractivity contribution in [1.82, 2.24) is 10.3 Å². The largest absolute Gasteiger partial charge is 0.418 e. The van der Waals surface area contributed by atoms with E-state index in [0.29, 0.717) is 36.0 Å². The average Bonchev–Trinajstić information content (AvgIpc) is 3.12. The number of aryl methyl sites for hydroxylation is 1. The van der Waals surface area contributed by atoms with Crippen LogP contribution in [-0.4, -0.2) is 29.9 Å². The van der Waals surface area contributed by atoms with Gasteiger partial charge in [-0.05, 0) is 49.1 Å². The lowest BCUT2D eigenvalue weighted by Crippen LogP contribution is -2.32. The van der Waals surface area contributed by atoms with Crippen LogP contribution < -0.4 is 15.5 Å². The predicted molar refractivity (Wildman–Crippen MR) is 120 cm³/mol. The van der Waals surface area contributed by atoms with E-state index in [2.05, 4.69) is 15.6 Å². The molecule has 1 atom stereocenters. The number of pyridine rings is 1. The summed E-state index contributed by atoms with van der Waals surface area (Å²) in [4.78, 5) is 30.2. The molecule has 1 aromatic carbocycles. The zero-order valence-electron chi connectivity index (χ0n) is 17.7. The molecule has 3 heterocycles. The number of fused-ring (bicyclic) bond motifs is 1. The highest BCUT2D eigenvalue weighted by atomic mass is 35.5. The molecule has 2 N–H and O–H groups in total. The van der Waals surface area contributed by atoms with E-state index >= 15 is 0 Å². The van der Waals surface area contributed by atoms with Gasteiger partial charge >= 0.3 is 6.18 Å². The molecule has 33 heavy (non-hydrogen) atoms. The van der Waals surface area contributed by atoms with Crippen molar-refractivity contribution in [3.63, 3.8) is 0 Å². The minimum absolute atomic E-state index is 0.0389. The van der Waals surface area contributed by atoms with Gasteiger partial charge in [0, 0.05) is 42.0 Å². The first kappa shape index (κ1) is 23.6. The molecule has 2 amide bonds. The van der Waals surface area contributed by atoms with Gasteiger partial charge in [-0.25, -0.2) is 4.98 Å². The van der Waals surface area contributed by atoms with Gasteiger partial charge in [0.2, 0.25) is 11.8 Å². The topological polar surface area (TPSA) is 74.3 Å². The third kappa shape index (κ3) is 5.04. The summed E-state index contributed by atoms with van der Waals surface area (Å²) in [5.74, 6) is -1.32. The monoisotopic (exact) mass is 500 g/mol. The van der Waals surface area contributed by atoms with Crippen LogP contribution in [0.1, 0.15) is 35.2 Å². The lowest BCUT2D eigenvalue weighted by Gasteiger charge is -2.31. The van der Waals surface area contributed by atoms with Gasteiger partial charge in [0.25, 0.3) is 0 Å². The first-order valence-corrected chi connectivity index (χ1v) is 11.2. The number of carbonyl (C=O) groups is 2. The van der Waals surface area contributed by atoms with E-state index in [4.69, 9.17) is 23.2 Å². The van der Waals surface area contributed by atoms with Gasteiger partial charge in [-0.15, -0.1) is 0 Å². The molecule has 2 aliphatic rings. The first-order chi connectivity index (χ1) is 15.5. The van der Waals surface area contributed by atoms with E-state index < -0.39 is 29.3 Å². The van der Waals surface area contributed by atoms with Crippen molar-refractivity contribution in [2.24, 2.45) is 5.92 Å². The van der Waals surface area contributed by atoms with Gasteiger partial charge in [0.15, 0.2) is 0 Å². The summed E-state index contributed by atoms with van der Waals surface area (Å²) in [6.07, 6.45) is -3.87. The lowest BCUT2D eigenvalue weighted by molar-refractivity contribution is -0.137. The van der Waals surface area contributed by atoms with E-state index in [-0.39, 0.29) is 30.4 Å². The van der Waals surface area contributed by atoms with Gasteiger partial charge in [-0.1, -0.05) is 23.2 Å². The van der Waals surface area contributed by atoms with Crippen molar-refractivity contribution in [2.75, 3.05) is 23.3 Å². The molecule has 0 aliphatic carbocycles. The van der Waals surface area contributed by atoms with Crippen molar-refractivity contribution in [2.45, 2.75) is 38.9 Å². The molecule has 0 radical (unpaired) electrons.